The molecule has 0 spiro atoms. The fourth-order valence-electron chi connectivity index (χ4n) is 1.68. The van der Waals surface area contributed by atoms with Crippen molar-refractivity contribution >= 4 is 23.4 Å². The van der Waals surface area contributed by atoms with E-state index in [1.807, 2.05) is 19.1 Å². The van der Waals surface area contributed by atoms with Crippen LogP contribution < -0.4 is 22.0 Å². The van der Waals surface area contributed by atoms with Crippen molar-refractivity contribution in [3.63, 3.8) is 0 Å². The summed E-state index contributed by atoms with van der Waals surface area (Å²) >= 11 is 0. The van der Waals surface area contributed by atoms with Crippen molar-refractivity contribution in [3.05, 3.63) is 57.1 Å². The molecule has 86 valence electrons. The highest BCUT2D eigenvalue weighted by Crippen LogP contribution is 2.02. The van der Waals surface area contributed by atoms with E-state index >= 15 is 0 Å². The molecule has 17 heavy (non-hydrogen) atoms. The molecule has 0 aliphatic rings. The van der Waals surface area contributed by atoms with E-state index in [1.165, 1.54) is 0 Å². The molecule has 0 unspecified atom stereocenters. The van der Waals surface area contributed by atoms with Gasteiger partial charge in [-0.25, -0.2) is 4.79 Å². The summed E-state index contributed by atoms with van der Waals surface area (Å²) < 4.78 is 5.09. The van der Waals surface area contributed by atoms with E-state index < -0.39 is 0 Å². The largest absolute Gasteiger partial charge is 0.423 e. The molecule has 3 heteroatoms. The third-order valence-electron chi connectivity index (χ3n) is 2.60. The van der Waals surface area contributed by atoms with E-state index in [4.69, 9.17) is 10.2 Å². The van der Waals surface area contributed by atoms with Gasteiger partial charge in [-0.2, -0.15) is 0 Å². The van der Waals surface area contributed by atoms with Crippen LogP contribution in [0, 0.1) is 0 Å². The molecule has 0 aliphatic heterocycles. The van der Waals surface area contributed by atoms with E-state index in [9.17, 15) is 4.79 Å². The predicted molar refractivity (Wildman–Crippen MR) is 69.7 cm³/mol. The van der Waals surface area contributed by atoms with E-state index in [1.54, 1.807) is 24.3 Å². The summed E-state index contributed by atoms with van der Waals surface area (Å²) in [6.07, 6.45) is 3.53. The van der Waals surface area contributed by atoms with Crippen LogP contribution in [0.4, 0.5) is 0 Å². The molecule has 0 saturated carbocycles. The number of hydrogen-bond donors (Lipinski definition) is 1. The molecule has 2 aromatic rings. The number of benzene rings is 1. The van der Waals surface area contributed by atoms with Crippen molar-refractivity contribution in [3.8, 4) is 0 Å². The fraction of sp³-hybridized carbons (Fsp3) is 0.0714. The van der Waals surface area contributed by atoms with Gasteiger partial charge in [-0.3, -0.25) is 0 Å². The van der Waals surface area contributed by atoms with E-state index in [0.717, 1.165) is 10.6 Å². The first-order chi connectivity index (χ1) is 8.13. The maximum absolute atomic E-state index is 11.6. The maximum Gasteiger partial charge on any atom is 0.344 e. The Morgan fingerprint density at radius 3 is 2.65 bits per heavy atom. The van der Waals surface area contributed by atoms with Crippen molar-refractivity contribution in [2.45, 2.75) is 6.92 Å². The minimum absolute atomic E-state index is 0.332. The van der Waals surface area contributed by atoms with Crippen LogP contribution in [0.1, 0.15) is 6.92 Å². The monoisotopic (exact) mass is 227 g/mol. The quantitative estimate of drug-likeness (QED) is 0.785. The number of allylic oxidation sites excluding steroid dienone is 2. The van der Waals surface area contributed by atoms with Crippen molar-refractivity contribution in [2.75, 3.05) is 0 Å². The lowest BCUT2D eigenvalue weighted by Crippen LogP contribution is -2.29. The molecule has 0 atom stereocenters. The first-order valence-electron chi connectivity index (χ1n) is 5.28. The number of hydrogen-bond acceptors (Lipinski definition) is 3. The van der Waals surface area contributed by atoms with Crippen molar-refractivity contribution in [1.29, 1.82) is 0 Å². The van der Waals surface area contributed by atoms with E-state index in [0.29, 0.717) is 16.5 Å². The summed E-state index contributed by atoms with van der Waals surface area (Å²) in [5.41, 5.74) is 6.33. The molecule has 0 saturated heterocycles. The van der Waals surface area contributed by atoms with Gasteiger partial charge in [0, 0.05) is 10.9 Å². The summed E-state index contributed by atoms with van der Waals surface area (Å²) in [7, 11) is 0. The molecule has 0 fully saturated rings. The van der Waals surface area contributed by atoms with Gasteiger partial charge in [-0.05, 0) is 24.5 Å². The molecule has 0 amide bonds. The number of fused-ring (bicyclic) bond motifs is 1. The van der Waals surface area contributed by atoms with E-state index in [2.05, 4.69) is 6.58 Å². The van der Waals surface area contributed by atoms with Gasteiger partial charge in [-0.15, -0.1) is 0 Å². The highest BCUT2D eigenvalue weighted by molar-refractivity contribution is 5.82. The summed E-state index contributed by atoms with van der Waals surface area (Å²) in [4.78, 5) is 11.6. The average molecular weight is 227 g/mol. The zero-order valence-corrected chi connectivity index (χ0v) is 9.57. The molecule has 3 nitrogen and oxygen atoms in total. The summed E-state index contributed by atoms with van der Waals surface area (Å²) in [6.45, 7) is 5.58. The second kappa shape index (κ2) is 4.29. The van der Waals surface area contributed by atoms with Gasteiger partial charge < -0.3 is 10.2 Å². The topological polar surface area (TPSA) is 56.2 Å². The maximum atomic E-state index is 11.6. The zero-order valence-electron chi connectivity index (χ0n) is 9.57. The fourth-order valence-corrected chi connectivity index (χ4v) is 1.68. The highest BCUT2D eigenvalue weighted by atomic mass is 16.4. The molecular formula is C14H13NO2. The minimum atomic E-state index is -0.373. The molecular weight excluding hydrogens is 214 g/mol. The highest BCUT2D eigenvalue weighted by Gasteiger charge is 2.02. The van der Waals surface area contributed by atoms with Crippen LogP contribution >= 0.6 is 0 Å². The normalized spacial score (nSPS) is 13.2. The van der Waals surface area contributed by atoms with Crippen LogP contribution in [0.2, 0.25) is 0 Å². The van der Waals surface area contributed by atoms with Crippen LogP contribution in [-0.2, 0) is 0 Å². The van der Waals surface area contributed by atoms with Crippen molar-refractivity contribution in [2.24, 2.45) is 5.73 Å². The van der Waals surface area contributed by atoms with Gasteiger partial charge in [0.1, 0.15) is 5.42 Å². The van der Waals surface area contributed by atoms with Crippen molar-refractivity contribution in [1.82, 2.24) is 0 Å². The lowest BCUT2D eigenvalue weighted by molar-refractivity contribution is 0.484. The number of rotatable bonds is 1. The first kappa shape index (κ1) is 11.2. The first-order valence-corrected chi connectivity index (χ1v) is 5.28. The molecule has 1 heterocycles. The van der Waals surface area contributed by atoms with Crippen molar-refractivity contribution < 1.29 is 4.42 Å². The third-order valence-corrected chi connectivity index (χ3v) is 2.60. The molecule has 0 aliphatic carbocycles. The molecule has 2 rings (SSSR count). The second-order valence-corrected chi connectivity index (χ2v) is 3.70. The smallest absolute Gasteiger partial charge is 0.344 e. The van der Waals surface area contributed by atoms with Gasteiger partial charge in [0.25, 0.3) is 0 Å². The SMILES string of the molecule is C=c1oc(=O)c2ccccc2/c1=C/C(N)=C\C. The average Bonchev–Trinajstić information content (AvgIpc) is 2.34. The van der Waals surface area contributed by atoms with Crippen LogP contribution in [-0.4, -0.2) is 0 Å². The van der Waals surface area contributed by atoms with Gasteiger partial charge in [0.2, 0.25) is 0 Å². The van der Waals surface area contributed by atoms with Crippen LogP contribution in [0.3, 0.4) is 0 Å². The Labute approximate surface area is 98.2 Å². The Morgan fingerprint density at radius 1 is 1.35 bits per heavy atom. The van der Waals surface area contributed by atoms with Crippen LogP contribution in [0.5, 0.6) is 0 Å². The Balaban J connectivity index is 3.04. The number of nitrogens with two attached hydrogens (primary N) is 1. The van der Waals surface area contributed by atoms with Gasteiger partial charge in [-0.1, -0.05) is 30.9 Å². The Hall–Kier alpha value is -2.29. The summed E-state index contributed by atoms with van der Waals surface area (Å²) in [5, 5.41) is 2.09. The van der Waals surface area contributed by atoms with Gasteiger partial charge >= 0.3 is 5.63 Å². The molecule has 2 N–H and O–H groups in total. The lowest BCUT2D eigenvalue weighted by atomic mass is 10.1. The van der Waals surface area contributed by atoms with Gasteiger partial charge in [0.15, 0.2) is 0 Å². The lowest BCUT2D eigenvalue weighted by Gasteiger charge is -1.98. The third kappa shape index (κ3) is 1.99. The molecule has 1 aromatic heterocycles. The minimum Gasteiger partial charge on any atom is -0.423 e. The van der Waals surface area contributed by atoms with Crippen LogP contribution in [0.15, 0.2) is 45.3 Å². The molecule has 0 radical (unpaired) electrons. The van der Waals surface area contributed by atoms with Crippen LogP contribution in [0.25, 0.3) is 23.4 Å². The Morgan fingerprint density at radius 2 is 2.00 bits per heavy atom. The second-order valence-electron chi connectivity index (χ2n) is 3.70. The van der Waals surface area contributed by atoms with E-state index in [-0.39, 0.29) is 5.63 Å². The standard InChI is InChI=1S/C14H13NO2/c1-3-10(15)8-13-9(2)17-14(16)12-7-5-4-6-11(12)13/h3-8H,2,15H2,1H3/b10-3+,13-8+. The Bertz CT molecular complexity index is 754. The summed E-state index contributed by atoms with van der Waals surface area (Å²) in [6, 6.07) is 7.24. The van der Waals surface area contributed by atoms with Gasteiger partial charge in [0.05, 0.1) is 5.39 Å². The molecule has 0 bridgehead atoms. The Kier molecular flexibility index (Phi) is 2.83. The summed E-state index contributed by atoms with van der Waals surface area (Å²) in [5.74, 6) is 0. The predicted octanol–water partition coefficient (Wildman–Crippen LogP) is 0.846. The zero-order chi connectivity index (χ0) is 12.4. The molecule has 1 aromatic carbocycles.